The van der Waals surface area contributed by atoms with E-state index >= 15 is 0 Å². The third-order valence-corrected chi connectivity index (χ3v) is 1.53. The Morgan fingerprint density at radius 3 is 2.45 bits per heavy atom. The number of allylic oxidation sites excluding steroid dienone is 4. The molecule has 0 aliphatic heterocycles. The van der Waals surface area contributed by atoms with Crippen LogP contribution < -0.4 is 12.4 Å². The van der Waals surface area contributed by atoms with E-state index in [1.165, 1.54) is 5.71 Å². The van der Waals surface area contributed by atoms with E-state index in [4.69, 9.17) is 0 Å². The third-order valence-electron chi connectivity index (χ3n) is 1.53. The second-order valence-corrected chi connectivity index (χ2v) is 2.26. The van der Waals surface area contributed by atoms with E-state index in [1.54, 1.807) is 6.20 Å². The predicted octanol–water partition coefficient (Wildman–Crippen LogP) is -1.27. The van der Waals surface area contributed by atoms with E-state index in [1.807, 2.05) is 11.6 Å². The lowest BCUT2D eigenvalue weighted by Gasteiger charge is -1.95. The maximum atomic E-state index is 3.67. The summed E-state index contributed by atoms with van der Waals surface area (Å²) in [7, 11) is 1.99. The first kappa shape index (κ1) is 10.2. The number of halogens is 1. The number of rotatable bonds is 1. The number of hydrogen-bond donors (Lipinski definition) is 0. The van der Waals surface area contributed by atoms with Crippen molar-refractivity contribution in [2.24, 2.45) is 0 Å². The van der Waals surface area contributed by atoms with Gasteiger partial charge in [-0.1, -0.05) is 12.2 Å². The van der Waals surface area contributed by atoms with E-state index in [-0.39, 0.29) is 12.4 Å². The standard InChI is InChI=1S/C9H12N.ClH/c1-3-10(2)9-7-5-4-6-8-9;/h3,5-8H,1,4H2,2H3;1H/q+1;/p-1. The summed E-state index contributed by atoms with van der Waals surface area (Å²) in [6.07, 6.45) is 11.3. The van der Waals surface area contributed by atoms with Gasteiger partial charge in [0.25, 0.3) is 0 Å². The molecule has 0 N–H and O–H groups in total. The molecule has 0 heterocycles. The molecule has 0 aromatic carbocycles. The van der Waals surface area contributed by atoms with Crippen LogP contribution in [0.2, 0.25) is 0 Å². The molecule has 0 bridgehead atoms. The van der Waals surface area contributed by atoms with Gasteiger partial charge < -0.3 is 12.4 Å². The Balaban J connectivity index is 0.000001000. The largest absolute Gasteiger partial charge is 1.00 e. The highest BCUT2D eigenvalue weighted by atomic mass is 35.5. The van der Waals surface area contributed by atoms with Crippen LogP contribution in [0.4, 0.5) is 0 Å². The summed E-state index contributed by atoms with van der Waals surface area (Å²) in [6, 6.07) is 0. The Hall–Kier alpha value is -0.820. The fourth-order valence-corrected chi connectivity index (χ4v) is 0.852. The van der Waals surface area contributed by atoms with E-state index in [0.29, 0.717) is 0 Å². The average Bonchev–Trinajstić information content (AvgIpc) is 2.05. The predicted molar refractivity (Wildman–Crippen MR) is 44.3 cm³/mol. The fraction of sp³-hybridized carbons (Fsp3) is 0.222. The SMILES string of the molecule is C=C[N+](C)=C1C=CCC=C1.[Cl-]. The first-order valence-electron chi connectivity index (χ1n) is 3.40. The molecule has 0 saturated heterocycles. The molecule has 1 aliphatic rings. The Morgan fingerprint density at radius 2 is 2.00 bits per heavy atom. The lowest BCUT2D eigenvalue weighted by molar-refractivity contribution is -0.419. The summed E-state index contributed by atoms with van der Waals surface area (Å²) < 4.78 is 1.99. The summed E-state index contributed by atoms with van der Waals surface area (Å²) in [5.74, 6) is 0. The van der Waals surface area contributed by atoms with Crippen molar-refractivity contribution in [1.82, 2.24) is 0 Å². The quantitative estimate of drug-likeness (QED) is 0.431. The minimum atomic E-state index is 0. The molecule has 60 valence electrons. The molecular formula is C9H12ClN. The zero-order valence-electron chi connectivity index (χ0n) is 6.63. The van der Waals surface area contributed by atoms with Gasteiger partial charge in [-0.2, -0.15) is 0 Å². The van der Waals surface area contributed by atoms with Crippen LogP contribution in [0.25, 0.3) is 0 Å². The van der Waals surface area contributed by atoms with Crippen molar-refractivity contribution in [3.8, 4) is 0 Å². The summed E-state index contributed by atoms with van der Waals surface area (Å²) in [5.41, 5.74) is 1.20. The Morgan fingerprint density at radius 1 is 1.45 bits per heavy atom. The second-order valence-electron chi connectivity index (χ2n) is 2.26. The zero-order chi connectivity index (χ0) is 7.40. The molecule has 0 atom stereocenters. The fourth-order valence-electron chi connectivity index (χ4n) is 0.852. The molecule has 0 radical (unpaired) electrons. The normalized spacial score (nSPS) is 14.1. The molecule has 0 fully saturated rings. The van der Waals surface area contributed by atoms with Crippen LogP contribution in [0, 0.1) is 0 Å². The van der Waals surface area contributed by atoms with Crippen molar-refractivity contribution >= 4 is 5.71 Å². The molecule has 0 aromatic heterocycles. The summed E-state index contributed by atoms with van der Waals surface area (Å²) >= 11 is 0. The van der Waals surface area contributed by atoms with Crippen molar-refractivity contribution in [1.29, 1.82) is 0 Å². The smallest absolute Gasteiger partial charge is 0.204 e. The minimum absolute atomic E-state index is 0. The topological polar surface area (TPSA) is 3.01 Å². The van der Waals surface area contributed by atoms with Crippen molar-refractivity contribution in [3.05, 3.63) is 37.1 Å². The monoisotopic (exact) mass is 169 g/mol. The van der Waals surface area contributed by atoms with Gasteiger partial charge in [0.05, 0.1) is 0 Å². The van der Waals surface area contributed by atoms with Crippen molar-refractivity contribution in [2.75, 3.05) is 7.05 Å². The Kier molecular flexibility index (Phi) is 4.55. The minimum Gasteiger partial charge on any atom is -1.00 e. The maximum absolute atomic E-state index is 3.67. The molecule has 2 heteroatoms. The molecular weight excluding hydrogens is 158 g/mol. The third kappa shape index (κ3) is 2.72. The molecule has 0 spiro atoms. The van der Waals surface area contributed by atoms with Gasteiger partial charge in [0.2, 0.25) is 5.71 Å². The van der Waals surface area contributed by atoms with Gasteiger partial charge in [-0.25, -0.2) is 4.58 Å². The van der Waals surface area contributed by atoms with Crippen LogP contribution in [0.3, 0.4) is 0 Å². The van der Waals surface area contributed by atoms with Crippen LogP contribution in [0.5, 0.6) is 0 Å². The lowest BCUT2D eigenvalue weighted by Crippen LogP contribution is -3.00. The van der Waals surface area contributed by atoms with Crippen LogP contribution in [0.1, 0.15) is 6.42 Å². The Bertz CT molecular complexity index is 210. The molecule has 1 rings (SSSR count). The molecule has 11 heavy (non-hydrogen) atoms. The molecule has 0 amide bonds. The van der Waals surface area contributed by atoms with Gasteiger partial charge in [-0.05, 0) is 13.0 Å². The van der Waals surface area contributed by atoms with Crippen molar-refractivity contribution < 1.29 is 17.0 Å². The van der Waals surface area contributed by atoms with E-state index < -0.39 is 0 Å². The van der Waals surface area contributed by atoms with Gasteiger partial charge in [0, 0.05) is 12.2 Å². The molecule has 1 nitrogen and oxygen atoms in total. The highest BCUT2D eigenvalue weighted by molar-refractivity contribution is 6.01. The first-order valence-corrected chi connectivity index (χ1v) is 3.40. The van der Waals surface area contributed by atoms with Gasteiger partial charge >= 0.3 is 0 Å². The van der Waals surface area contributed by atoms with Crippen molar-refractivity contribution in [3.63, 3.8) is 0 Å². The van der Waals surface area contributed by atoms with Gasteiger partial charge in [0.1, 0.15) is 7.05 Å². The number of nitrogens with zero attached hydrogens (tertiary/aromatic N) is 1. The van der Waals surface area contributed by atoms with Gasteiger partial charge in [-0.15, -0.1) is 0 Å². The van der Waals surface area contributed by atoms with E-state index in [0.717, 1.165) is 6.42 Å². The highest BCUT2D eigenvalue weighted by Crippen LogP contribution is 1.97. The number of hydrogen-bond acceptors (Lipinski definition) is 0. The molecule has 0 aromatic rings. The molecule has 1 aliphatic carbocycles. The van der Waals surface area contributed by atoms with Crippen LogP contribution in [0.15, 0.2) is 37.1 Å². The zero-order valence-corrected chi connectivity index (χ0v) is 7.38. The molecule has 0 unspecified atom stereocenters. The summed E-state index contributed by atoms with van der Waals surface area (Å²) in [5, 5.41) is 0. The van der Waals surface area contributed by atoms with Crippen LogP contribution >= 0.6 is 0 Å². The van der Waals surface area contributed by atoms with E-state index in [2.05, 4.69) is 30.9 Å². The first-order chi connectivity index (χ1) is 4.84. The van der Waals surface area contributed by atoms with E-state index in [9.17, 15) is 0 Å². The van der Waals surface area contributed by atoms with Gasteiger partial charge in [0.15, 0.2) is 6.20 Å². The summed E-state index contributed by atoms with van der Waals surface area (Å²) in [4.78, 5) is 0. The summed E-state index contributed by atoms with van der Waals surface area (Å²) in [6.45, 7) is 3.67. The van der Waals surface area contributed by atoms with Gasteiger partial charge in [-0.3, -0.25) is 0 Å². The lowest BCUT2D eigenvalue weighted by atomic mass is 10.2. The highest BCUT2D eigenvalue weighted by Gasteiger charge is 2.00. The van der Waals surface area contributed by atoms with Crippen molar-refractivity contribution in [2.45, 2.75) is 6.42 Å². The van der Waals surface area contributed by atoms with Crippen LogP contribution in [-0.2, 0) is 0 Å². The van der Waals surface area contributed by atoms with Crippen LogP contribution in [-0.4, -0.2) is 17.3 Å². The second kappa shape index (κ2) is 4.91. The molecule has 0 saturated carbocycles. The average molecular weight is 170 g/mol. The Labute approximate surface area is 73.8 Å². The maximum Gasteiger partial charge on any atom is 0.204 e.